The van der Waals surface area contributed by atoms with Crippen LogP contribution in [0.4, 0.5) is 0 Å². The molecule has 102 valence electrons. The van der Waals surface area contributed by atoms with Crippen molar-refractivity contribution in [3.8, 4) is 0 Å². The van der Waals surface area contributed by atoms with Crippen LogP contribution in [-0.4, -0.2) is 18.2 Å². The first-order valence-electron chi connectivity index (χ1n) is 6.48. The zero-order valence-corrected chi connectivity index (χ0v) is 14.5. The average molecular weight is 282 g/mol. The lowest BCUT2D eigenvalue weighted by Gasteiger charge is -2.23. The first-order chi connectivity index (χ1) is 8.40. The Morgan fingerprint density at radius 1 is 1.28 bits per heavy atom. The van der Waals surface area contributed by atoms with Gasteiger partial charge in [-0.25, -0.2) is 0 Å². The molecular weight excluding hydrogens is 254 g/mol. The van der Waals surface area contributed by atoms with Gasteiger partial charge in [0.25, 0.3) is 0 Å². The molecule has 0 nitrogen and oxygen atoms in total. The smallest absolute Gasteiger partial charge is 0.0183 e. The van der Waals surface area contributed by atoms with Gasteiger partial charge in [0.15, 0.2) is 0 Å². The molecule has 0 bridgehead atoms. The Hall–Kier alpha value is -0.180. The molecule has 0 N–H and O–H groups in total. The third kappa shape index (κ3) is 6.12. The minimum Gasteiger partial charge on any atom is -0.113 e. The molecule has 0 spiro atoms. The fraction of sp³-hybridized carbons (Fsp3) is 0.500. The highest BCUT2D eigenvalue weighted by Crippen LogP contribution is 2.39. The molecule has 2 heteroatoms. The van der Waals surface area contributed by atoms with Gasteiger partial charge in [-0.2, -0.15) is 0 Å². The highest BCUT2D eigenvalue weighted by molar-refractivity contribution is 7.57. The number of hydrogen-bond donors (Lipinski definition) is 0. The second-order valence-corrected chi connectivity index (χ2v) is 8.66. The van der Waals surface area contributed by atoms with Crippen molar-refractivity contribution in [3.05, 3.63) is 48.6 Å². The van der Waals surface area contributed by atoms with Crippen molar-refractivity contribution in [2.75, 3.05) is 12.8 Å². The molecule has 0 saturated carbocycles. The molecule has 0 amide bonds. The van der Waals surface area contributed by atoms with E-state index in [0.717, 1.165) is 17.2 Å². The Kier molecular flexibility index (Phi) is 8.75. The third-order valence-corrected chi connectivity index (χ3v) is 6.29. The molecule has 0 aliphatic rings. The molecule has 0 saturated heterocycles. The van der Waals surface area contributed by atoms with Crippen LogP contribution in [0.15, 0.2) is 48.6 Å². The number of allylic oxidation sites excluding steroid dienone is 6. The number of hydrogen-bond acceptors (Lipinski definition) is 0. The van der Waals surface area contributed by atoms with Crippen molar-refractivity contribution in [1.82, 2.24) is 0 Å². The van der Waals surface area contributed by atoms with E-state index in [-0.39, 0.29) is 5.41 Å². The molecular formula is C16H28P2. The number of rotatable bonds is 7. The van der Waals surface area contributed by atoms with Gasteiger partial charge >= 0.3 is 0 Å². The summed E-state index contributed by atoms with van der Waals surface area (Å²) in [6.07, 6.45) is 9.61. The summed E-state index contributed by atoms with van der Waals surface area (Å²) in [6.45, 7) is 19.1. The van der Waals surface area contributed by atoms with E-state index in [2.05, 4.69) is 59.7 Å². The van der Waals surface area contributed by atoms with E-state index in [9.17, 15) is 0 Å². The summed E-state index contributed by atoms with van der Waals surface area (Å²) in [5.41, 5.74) is 2.87. The second-order valence-electron chi connectivity index (χ2n) is 5.24. The standard InChI is InChI=1S/C16H28P2/c1-8-11-14(16(4,5)6)12-13(9-2)15(17-7)18-10-3/h8-9,11-12,15,17-18H,1-2,10H2,3-7H3/b13-12+,14-11+. The van der Waals surface area contributed by atoms with Gasteiger partial charge in [0.2, 0.25) is 0 Å². The zero-order chi connectivity index (χ0) is 14.2. The molecule has 0 rings (SSSR count). The van der Waals surface area contributed by atoms with Crippen molar-refractivity contribution in [2.24, 2.45) is 5.41 Å². The normalized spacial score (nSPS) is 16.7. The van der Waals surface area contributed by atoms with Crippen LogP contribution in [0.5, 0.6) is 0 Å². The summed E-state index contributed by atoms with van der Waals surface area (Å²) in [6, 6.07) is 0. The van der Waals surface area contributed by atoms with Gasteiger partial charge in [-0.15, -0.1) is 17.2 Å². The topological polar surface area (TPSA) is 0 Å². The molecule has 0 radical (unpaired) electrons. The van der Waals surface area contributed by atoms with Crippen LogP contribution in [0, 0.1) is 5.41 Å². The summed E-state index contributed by atoms with van der Waals surface area (Å²) in [7, 11) is 1.95. The van der Waals surface area contributed by atoms with Crippen LogP contribution < -0.4 is 0 Å². The largest absolute Gasteiger partial charge is 0.113 e. The Balaban J connectivity index is 5.34. The third-order valence-electron chi connectivity index (χ3n) is 2.75. The Morgan fingerprint density at radius 2 is 1.89 bits per heavy atom. The summed E-state index contributed by atoms with van der Waals surface area (Å²) in [4.78, 5) is 0. The van der Waals surface area contributed by atoms with Crippen molar-refractivity contribution < 1.29 is 0 Å². The fourth-order valence-electron chi connectivity index (χ4n) is 1.67. The van der Waals surface area contributed by atoms with Crippen molar-refractivity contribution in [1.29, 1.82) is 0 Å². The summed E-state index contributed by atoms with van der Waals surface area (Å²) < 4.78 is 0. The lowest BCUT2D eigenvalue weighted by Crippen LogP contribution is -2.09. The minimum absolute atomic E-state index is 0.152. The van der Waals surface area contributed by atoms with Crippen LogP contribution in [0.3, 0.4) is 0 Å². The van der Waals surface area contributed by atoms with E-state index >= 15 is 0 Å². The lowest BCUT2D eigenvalue weighted by molar-refractivity contribution is 0.516. The molecule has 0 aliphatic carbocycles. The van der Waals surface area contributed by atoms with E-state index in [1.807, 2.05) is 12.2 Å². The minimum atomic E-state index is 0.152. The Morgan fingerprint density at radius 3 is 2.22 bits per heavy atom. The van der Waals surface area contributed by atoms with Gasteiger partial charge in [-0.3, -0.25) is 0 Å². The highest BCUT2D eigenvalue weighted by Gasteiger charge is 2.16. The maximum Gasteiger partial charge on any atom is 0.0183 e. The predicted molar refractivity (Wildman–Crippen MR) is 92.9 cm³/mol. The van der Waals surface area contributed by atoms with E-state index in [1.165, 1.54) is 17.3 Å². The van der Waals surface area contributed by atoms with Gasteiger partial charge in [0.1, 0.15) is 0 Å². The van der Waals surface area contributed by atoms with E-state index < -0.39 is 0 Å². The monoisotopic (exact) mass is 282 g/mol. The summed E-state index contributed by atoms with van der Waals surface area (Å²) >= 11 is 0. The second kappa shape index (κ2) is 8.84. The van der Waals surface area contributed by atoms with Crippen LogP contribution in [-0.2, 0) is 0 Å². The van der Waals surface area contributed by atoms with E-state index in [1.54, 1.807) is 0 Å². The molecule has 0 fully saturated rings. The highest BCUT2D eigenvalue weighted by atomic mass is 31.1. The van der Waals surface area contributed by atoms with Crippen molar-refractivity contribution in [3.63, 3.8) is 0 Å². The molecule has 0 aromatic carbocycles. The van der Waals surface area contributed by atoms with Crippen LogP contribution in [0.1, 0.15) is 27.7 Å². The summed E-state index contributed by atoms with van der Waals surface area (Å²) in [5.74, 6) is 0. The van der Waals surface area contributed by atoms with E-state index in [0.29, 0.717) is 5.40 Å². The predicted octanol–water partition coefficient (Wildman–Crippen LogP) is 5.59. The van der Waals surface area contributed by atoms with Crippen LogP contribution >= 0.6 is 17.2 Å². The van der Waals surface area contributed by atoms with Gasteiger partial charge in [0.05, 0.1) is 0 Å². The quantitative estimate of drug-likeness (QED) is 0.422. The van der Waals surface area contributed by atoms with Gasteiger partial charge in [-0.1, -0.05) is 65.2 Å². The first-order valence-corrected chi connectivity index (χ1v) is 9.34. The van der Waals surface area contributed by atoms with Crippen molar-refractivity contribution in [2.45, 2.75) is 33.1 Å². The zero-order valence-electron chi connectivity index (χ0n) is 12.5. The summed E-state index contributed by atoms with van der Waals surface area (Å²) in [5, 5.41) is 0.683. The maximum absolute atomic E-state index is 3.99. The SMILES string of the molecule is C=C/C=C(\C=C(/C=C)C(PC)PCC)C(C)(C)C. The van der Waals surface area contributed by atoms with E-state index in [4.69, 9.17) is 0 Å². The van der Waals surface area contributed by atoms with Gasteiger partial charge in [0, 0.05) is 5.40 Å². The van der Waals surface area contributed by atoms with Crippen LogP contribution in [0.25, 0.3) is 0 Å². The van der Waals surface area contributed by atoms with Gasteiger partial charge < -0.3 is 0 Å². The Labute approximate surface area is 117 Å². The average Bonchev–Trinajstić information content (AvgIpc) is 2.30. The maximum atomic E-state index is 3.99. The molecule has 0 aromatic rings. The lowest BCUT2D eigenvalue weighted by atomic mass is 9.85. The molecule has 0 heterocycles. The van der Waals surface area contributed by atoms with Gasteiger partial charge in [-0.05, 0) is 29.4 Å². The fourth-order valence-corrected chi connectivity index (χ4v) is 4.48. The molecule has 18 heavy (non-hydrogen) atoms. The molecule has 3 atom stereocenters. The van der Waals surface area contributed by atoms with Crippen molar-refractivity contribution >= 4 is 17.2 Å². The first kappa shape index (κ1) is 17.8. The van der Waals surface area contributed by atoms with Crippen LogP contribution in [0.2, 0.25) is 0 Å². The molecule has 0 aliphatic heterocycles. The molecule has 0 aromatic heterocycles. The molecule has 3 unspecified atom stereocenters. The Bertz CT molecular complexity index is 329.